The lowest BCUT2D eigenvalue weighted by molar-refractivity contribution is -0.137. The van der Waals surface area contributed by atoms with Crippen LogP contribution in [0.25, 0.3) is 0 Å². The highest BCUT2D eigenvalue weighted by Gasteiger charge is 2.35. The number of carbonyl (C=O) groups excluding carboxylic acids is 1. The third-order valence-electron chi connectivity index (χ3n) is 5.72. The minimum Gasteiger partial charge on any atom is -0.497 e. The largest absolute Gasteiger partial charge is 0.497 e. The van der Waals surface area contributed by atoms with E-state index in [1.165, 1.54) is 31.4 Å². The SMILES string of the molecule is COc1ccc([C@H](CC(C)C)NC(=O)CN(c2cc(C(F)(F)F)ccc2Cl)S(=O)(=O)c2ccccc2)cc1. The number of nitrogens with zero attached hydrogens (tertiary/aromatic N) is 1. The molecule has 0 spiro atoms. The number of hydrogen-bond acceptors (Lipinski definition) is 4. The van der Waals surface area contributed by atoms with Crippen molar-refractivity contribution in [1.82, 2.24) is 5.32 Å². The summed E-state index contributed by atoms with van der Waals surface area (Å²) in [7, 11) is -2.93. The molecule has 3 rings (SSSR count). The number of halogens is 4. The van der Waals surface area contributed by atoms with Gasteiger partial charge in [-0.25, -0.2) is 8.42 Å². The first-order chi connectivity index (χ1) is 17.8. The lowest BCUT2D eigenvalue weighted by atomic mass is 9.97. The number of ether oxygens (including phenoxy) is 1. The molecule has 1 amide bonds. The molecule has 0 aliphatic rings. The van der Waals surface area contributed by atoms with E-state index in [1.807, 2.05) is 13.8 Å². The lowest BCUT2D eigenvalue weighted by Crippen LogP contribution is -2.42. The summed E-state index contributed by atoms with van der Waals surface area (Å²) in [6.45, 7) is 3.15. The van der Waals surface area contributed by atoms with Crippen molar-refractivity contribution < 1.29 is 31.1 Å². The van der Waals surface area contributed by atoms with E-state index in [4.69, 9.17) is 16.3 Å². The Hall–Kier alpha value is -3.24. The van der Waals surface area contributed by atoms with Gasteiger partial charge in [-0.05, 0) is 60.4 Å². The van der Waals surface area contributed by atoms with Crippen LogP contribution in [0.5, 0.6) is 5.75 Å². The highest BCUT2D eigenvalue weighted by molar-refractivity contribution is 7.92. The van der Waals surface area contributed by atoms with Crippen LogP contribution >= 0.6 is 11.6 Å². The molecule has 0 aliphatic carbocycles. The second kappa shape index (κ2) is 12.1. The van der Waals surface area contributed by atoms with E-state index in [-0.39, 0.29) is 15.8 Å². The number of amides is 1. The van der Waals surface area contributed by atoms with Crippen molar-refractivity contribution in [2.45, 2.75) is 37.4 Å². The molecule has 3 aromatic carbocycles. The predicted octanol–water partition coefficient (Wildman–Crippen LogP) is 6.47. The van der Waals surface area contributed by atoms with Crippen molar-refractivity contribution in [3.8, 4) is 5.75 Å². The molecule has 0 saturated heterocycles. The Morgan fingerprint density at radius 2 is 1.66 bits per heavy atom. The molecule has 38 heavy (non-hydrogen) atoms. The zero-order valence-corrected chi connectivity index (χ0v) is 22.6. The van der Waals surface area contributed by atoms with Gasteiger partial charge in [-0.15, -0.1) is 0 Å². The van der Waals surface area contributed by atoms with Crippen LogP contribution in [0.1, 0.15) is 37.4 Å². The van der Waals surface area contributed by atoms with Gasteiger partial charge in [0.05, 0.1) is 34.3 Å². The fourth-order valence-corrected chi connectivity index (χ4v) is 5.58. The van der Waals surface area contributed by atoms with E-state index in [1.54, 1.807) is 30.3 Å². The van der Waals surface area contributed by atoms with Gasteiger partial charge < -0.3 is 10.1 Å². The van der Waals surface area contributed by atoms with Gasteiger partial charge in [0.1, 0.15) is 12.3 Å². The molecule has 3 aromatic rings. The molecule has 0 bridgehead atoms. The molecule has 0 aromatic heterocycles. The molecule has 0 saturated carbocycles. The van der Waals surface area contributed by atoms with Crippen LogP contribution in [0.15, 0.2) is 77.7 Å². The van der Waals surface area contributed by atoms with Gasteiger partial charge in [0.15, 0.2) is 0 Å². The van der Waals surface area contributed by atoms with E-state index in [9.17, 15) is 26.4 Å². The average molecular weight is 569 g/mol. The number of sulfonamides is 1. The molecule has 204 valence electrons. The minimum atomic E-state index is -4.75. The van der Waals surface area contributed by atoms with Crippen molar-refractivity contribution in [1.29, 1.82) is 0 Å². The van der Waals surface area contributed by atoms with E-state index in [2.05, 4.69) is 5.32 Å². The van der Waals surface area contributed by atoms with Crippen LogP contribution in [-0.4, -0.2) is 28.0 Å². The number of nitrogens with one attached hydrogen (secondary N) is 1. The van der Waals surface area contributed by atoms with Crippen molar-refractivity contribution in [3.63, 3.8) is 0 Å². The maximum atomic E-state index is 13.6. The predicted molar refractivity (Wildman–Crippen MR) is 141 cm³/mol. The number of alkyl halides is 3. The highest BCUT2D eigenvalue weighted by Crippen LogP contribution is 2.37. The zero-order valence-electron chi connectivity index (χ0n) is 21.0. The van der Waals surface area contributed by atoms with Gasteiger partial charge in [0.2, 0.25) is 5.91 Å². The first kappa shape index (κ1) is 29.3. The molecule has 0 unspecified atom stereocenters. The first-order valence-corrected chi connectivity index (χ1v) is 13.5. The Labute approximate surface area is 225 Å². The minimum absolute atomic E-state index is 0.171. The van der Waals surface area contributed by atoms with E-state index >= 15 is 0 Å². The molecule has 11 heteroatoms. The Kier molecular flexibility index (Phi) is 9.32. The van der Waals surface area contributed by atoms with Crippen molar-refractivity contribution >= 4 is 33.2 Å². The summed E-state index contributed by atoms with van der Waals surface area (Å²) in [5.41, 5.74) is -0.783. The van der Waals surface area contributed by atoms with Gasteiger partial charge in [-0.3, -0.25) is 9.10 Å². The summed E-state index contributed by atoms with van der Waals surface area (Å²) in [4.78, 5) is 13.1. The average Bonchev–Trinajstić information content (AvgIpc) is 2.87. The topological polar surface area (TPSA) is 75.7 Å². The molecular weight excluding hydrogens is 541 g/mol. The Balaban J connectivity index is 2.01. The van der Waals surface area contributed by atoms with Gasteiger partial charge in [-0.1, -0.05) is 55.8 Å². The third-order valence-corrected chi connectivity index (χ3v) is 7.81. The number of methoxy groups -OCH3 is 1. The van der Waals surface area contributed by atoms with E-state index in [0.29, 0.717) is 22.5 Å². The van der Waals surface area contributed by atoms with Crippen LogP contribution in [-0.2, 0) is 21.0 Å². The molecule has 6 nitrogen and oxygen atoms in total. The summed E-state index contributed by atoms with van der Waals surface area (Å²) in [5, 5.41) is 2.59. The summed E-state index contributed by atoms with van der Waals surface area (Å²) in [6.07, 6.45) is -4.21. The second-order valence-electron chi connectivity index (χ2n) is 9.01. The van der Waals surface area contributed by atoms with Crippen molar-refractivity contribution in [2.24, 2.45) is 5.92 Å². The van der Waals surface area contributed by atoms with Crippen LogP contribution in [0, 0.1) is 5.92 Å². The zero-order chi connectivity index (χ0) is 28.1. The normalized spacial score (nSPS) is 12.7. The molecule has 0 aliphatic heterocycles. The molecule has 0 heterocycles. The fraction of sp³-hybridized carbons (Fsp3) is 0.296. The smallest absolute Gasteiger partial charge is 0.416 e. The molecule has 1 N–H and O–H groups in total. The van der Waals surface area contributed by atoms with Crippen LogP contribution in [0.3, 0.4) is 0 Å². The summed E-state index contributed by atoms with van der Waals surface area (Å²) < 4.78 is 73.4. The fourth-order valence-electron chi connectivity index (χ4n) is 3.86. The van der Waals surface area contributed by atoms with Gasteiger partial charge in [0, 0.05) is 0 Å². The second-order valence-corrected chi connectivity index (χ2v) is 11.3. The standard InChI is InChI=1S/C27H28ClF3N2O4S/c1-18(2)15-24(19-9-12-21(37-3)13-10-19)32-26(34)17-33(38(35,36)22-7-5-4-6-8-22)25-16-20(27(29,30)31)11-14-23(25)28/h4-14,16,18,24H,15,17H2,1-3H3,(H,32,34)/t24-/m0/s1. The maximum Gasteiger partial charge on any atom is 0.416 e. The van der Waals surface area contributed by atoms with Crippen molar-refractivity contribution in [3.05, 3.63) is 88.9 Å². The van der Waals surface area contributed by atoms with Gasteiger partial charge >= 0.3 is 6.18 Å². The number of anilines is 1. The van der Waals surface area contributed by atoms with Crippen LogP contribution in [0.2, 0.25) is 5.02 Å². The van der Waals surface area contributed by atoms with Crippen LogP contribution < -0.4 is 14.4 Å². The lowest BCUT2D eigenvalue weighted by Gasteiger charge is -2.27. The summed E-state index contributed by atoms with van der Waals surface area (Å²) in [5.74, 6) is 0.0895. The van der Waals surface area contributed by atoms with E-state index in [0.717, 1.165) is 17.7 Å². The molecule has 0 fully saturated rings. The number of carbonyl (C=O) groups is 1. The number of benzene rings is 3. The highest BCUT2D eigenvalue weighted by atomic mass is 35.5. The van der Waals surface area contributed by atoms with E-state index < -0.39 is 45.9 Å². The monoisotopic (exact) mass is 568 g/mol. The van der Waals surface area contributed by atoms with Gasteiger partial charge in [-0.2, -0.15) is 13.2 Å². The van der Waals surface area contributed by atoms with Crippen LogP contribution in [0.4, 0.5) is 18.9 Å². The molecular formula is C27H28ClF3N2O4S. The van der Waals surface area contributed by atoms with Crippen molar-refractivity contribution in [2.75, 3.05) is 18.0 Å². The molecule has 1 atom stereocenters. The Morgan fingerprint density at radius 3 is 2.21 bits per heavy atom. The first-order valence-electron chi connectivity index (χ1n) is 11.7. The summed E-state index contributed by atoms with van der Waals surface area (Å²) in [6, 6.07) is 16.0. The molecule has 0 radical (unpaired) electrons. The Morgan fingerprint density at radius 1 is 1.03 bits per heavy atom. The summed E-state index contributed by atoms with van der Waals surface area (Å²) >= 11 is 6.20. The maximum absolute atomic E-state index is 13.6. The third kappa shape index (κ3) is 7.20. The quantitative estimate of drug-likeness (QED) is 0.304. The number of hydrogen-bond donors (Lipinski definition) is 1. The number of rotatable bonds is 10. The van der Waals surface area contributed by atoms with Gasteiger partial charge in [0.25, 0.3) is 10.0 Å². The Bertz CT molecular complexity index is 1350.